The van der Waals surface area contributed by atoms with Gasteiger partial charge in [0.2, 0.25) is 0 Å². The van der Waals surface area contributed by atoms with Gasteiger partial charge in [0.1, 0.15) is 0 Å². The summed E-state index contributed by atoms with van der Waals surface area (Å²) >= 11 is 0. The molecule has 1 fully saturated rings. The molecule has 0 aromatic carbocycles. The van der Waals surface area contributed by atoms with Crippen LogP contribution in [0.5, 0.6) is 0 Å². The Morgan fingerprint density at radius 1 is 1.13 bits per heavy atom. The van der Waals surface area contributed by atoms with Gasteiger partial charge in [0, 0.05) is 6.04 Å². The van der Waals surface area contributed by atoms with Gasteiger partial charge in [-0.25, -0.2) is 0 Å². The number of unbranched alkanes of at least 4 members (excludes halogenated alkanes) is 3. The maximum absolute atomic E-state index is 3.20. The van der Waals surface area contributed by atoms with Crippen LogP contribution in [-0.2, 0) is 0 Å². The fraction of sp³-hybridized carbons (Fsp3) is 1.00. The van der Waals surface area contributed by atoms with E-state index in [1.807, 2.05) is 7.05 Å². The molecule has 2 nitrogen and oxygen atoms in total. The van der Waals surface area contributed by atoms with Crippen LogP contribution in [0.4, 0.5) is 0 Å². The van der Waals surface area contributed by atoms with Crippen molar-refractivity contribution in [3.63, 3.8) is 0 Å². The number of hydrogen-bond acceptors (Lipinski definition) is 2. The quantitative estimate of drug-likeness (QED) is 0.653. The van der Waals surface area contributed by atoms with Crippen molar-refractivity contribution in [3.8, 4) is 0 Å². The summed E-state index contributed by atoms with van der Waals surface area (Å²) in [5.74, 6) is 0. The summed E-state index contributed by atoms with van der Waals surface area (Å²) in [7, 11) is 2.04. The summed E-state index contributed by atoms with van der Waals surface area (Å²) in [6.45, 7) is 6.25. The highest BCUT2D eigenvalue weighted by Crippen LogP contribution is 2.16. The lowest BCUT2D eigenvalue weighted by Crippen LogP contribution is -2.37. The van der Waals surface area contributed by atoms with Crippen LogP contribution in [0.2, 0.25) is 0 Å². The van der Waals surface area contributed by atoms with E-state index in [9.17, 15) is 0 Å². The van der Waals surface area contributed by atoms with Crippen molar-refractivity contribution in [2.24, 2.45) is 0 Å². The van der Waals surface area contributed by atoms with Crippen molar-refractivity contribution >= 4 is 0 Å². The Kier molecular flexibility index (Phi) is 7.03. The van der Waals surface area contributed by atoms with Gasteiger partial charge in [-0.3, -0.25) is 0 Å². The molecule has 1 atom stereocenters. The van der Waals surface area contributed by atoms with E-state index in [0.717, 1.165) is 6.04 Å². The topological polar surface area (TPSA) is 15.3 Å². The third kappa shape index (κ3) is 5.53. The van der Waals surface area contributed by atoms with Gasteiger partial charge in [-0.05, 0) is 59.3 Å². The van der Waals surface area contributed by atoms with Gasteiger partial charge in [-0.2, -0.15) is 0 Å². The molecule has 0 radical (unpaired) electrons. The average molecular weight is 212 g/mol. The van der Waals surface area contributed by atoms with E-state index in [-0.39, 0.29) is 0 Å². The molecule has 0 bridgehead atoms. The molecule has 0 saturated carbocycles. The summed E-state index contributed by atoms with van der Waals surface area (Å²) in [5, 5.41) is 3.20. The Morgan fingerprint density at radius 2 is 1.93 bits per heavy atom. The van der Waals surface area contributed by atoms with Crippen LogP contribution < -0.4 is 5.32 Å². The number of nitrogens with zero attached hydrogens (tertiary/aromatic N) is 1. The van der Waals surface area contributed by atoms with Crippen LogP contribution in [0.15, 0.2) is 0 Å². The van der Waals surface area contributed by atoms with Crippen LogP contribution in [0.1, 0.15) is 51.9 Å². The molecule has 1 aliphatic rings. The molecular formula is C13H28N2. The van der Waals surface area contributed by atoms with Gasteiger partial charge in [0.25, 0.3) is 0 Å². The Hall–Kier alpha value is -0.0800. The third-order valence-electron chi connectivity index (χ3n) is 3.56. The van der Waals surface area contributed by atoms with Crippen LogP contribution in [0.3, 0.4) is 0 Å². The summed E-state index contributed by atoms with van der Waals surface area (Å²) in [6.07, 6.45) is 9.82. The maximum Gasteiger partial charge on any atom is 0.00669 e. The first-order valence-electron chi connectivity index (χ1n) is 6.73. The zero-order valence-electron chi connectivity index (χ0n) is 10.6. The first-order chi connectivity index (χ1) is 7.34. The summed E-state index contributed by atoms with van der Waals surface area (Å²) in [5.41, 5.74) is 0. The van der Waals surface area contributed by atoms with E-state index in [0.29, 0.717) is 0 Å². The zero-order valence-corrected chi connectivity index (χ0v) is 10.6. The Morgan fingerprint density at radius 3 is 2.67 bits per heavy atom. The van der Waals surface area contributed by atoms with Gasteiger partial charge in [-0.15, -0.1) is 0 Å². The molecule has 1 saturated heterocycles. The average Bonchev–Trinajstić information content (AvgIpc) is 2.25. The first-order valence-corrected chi connectivity index (χ1v) is 6.73. The first kappa shape index (κ1) is 13.0. The Labute approximate surface area is 95.4 Å². The molecule has 1 aliphatic heterocycles. The molecule has 1 heterocycles. The molecule has 0 spiro atoms. The number of piperidine rings is 1. The van der Waals surface area contributed by atoms with Crippen LogP contribution in [0, 0.1) is 0 Å². The lowest BCUT2D eigenvalue weighted by Gasteiger charge is -2.33. The standard InChI is InChI=1S/C13H28N2/c1-13-9-5-8-12-15(13)11-7-4-3-6-10-14-2/h13-14H,3-12H2,1-2H3. The van der Waals surface area contributed by atoms with Gasteiger partial charge in [-0.1, -0.05) is 19.3 Å². The molecule has 1 unspecified atom stereocenters. The molecule has 2 heteroatoms. The summed E-state index contributed by atoms with van der Waals surface area (Å²) < 4.78 is 0. The van der Waals surface area contributed by atoms with Gasteiger partial charge in [0.05, 0.1) is 0 Å². The highest BCUT2D eigenvalue weighted by Gasteiger charge is 2.16. The molecule has 90 valence electrons. The molecule has 1 rings (SSSR count). The van der Waals surface area contributed by atoms with Gasteiger partial charge < -0.3 is 10.2 Å². The van der Waals surface area contributed by atoms with Crippen molar-refractivity contribution in [2.45, 2.75) is 57.9 Å². The van der Waals surface area contributed by atoms with Crippen molar-refractivity contribution in [3.05, 3.63) is 0 Å². The van der Waals surface area contributed by atoms with Crippen molar-refractivity contribution in [1.29, 1.82) is 0 Å². The minimum absolute atomic E-state index is 0.844. The summed E-state index contributed by atoms with van der Waals surface area (Å²) in [4.78, 5) is 2.68. The predicted octanol–water partition coefficient (Wildman–Crippen LogP) is 2.64. The van der Waals surface area contributed by atoms with Gasteiger partial charge in [0.15, 0.2) is 0 Å². The number of rotatable bonds is 7. The van der Waals surface area contributed by atoms with Crippen molar-refractivity contribution < 1.29 is 0 Å². The second-order valence-electron chi connectivity index (χ2n) is 4.90. The predicted molar refractivity (Wildman–Crippen MR) is 67.3 cm³/mol. The largest absolute Gasteiger partial charge is 0.320 e. The van der Waals surface area contributed by atoms with Crippen LogP contribution >= 0.6 is 0 Å². The zero-order chi connectivity index (χ0) is 10.9. The van der Waals surface area contributed by atoms with E-state index in [1.54, 1.807) is 0 Å². The Bertz CT molecular complexity index is 147. The lowest BCUT2D eigenvalue weighted by molar-refractivity contribution is 0.157. The molecule has 0 aliphatic carbocycles. The molecule has 0 aromatic heterocycles. The second-order valence-corrected chi connectivity index (χ2v) is 4.90. The van der Waals surface area contributed by atoms with E-state index < -0.39 is 0 Å². The monoisotopic (exact) mass is 212 g/mol. The maximum atomic E-state index is 3.20. The minimum atomic E-state index is 0.844. The molecule has 0 aromatic rings. The fourth-order valence-electron chi connectivity index (χ4n) is 2.46. The highest BCUT2D eigenvalue weighted by molar-refractivity contribution is 4.72. The molecular weight excluding hydrogens is 184 g/mol. The Balaban J connectivity index is 1.94. The molecule has 0 amide bonds. The number of nitrogens with one attached hydrogen (secondary N) is 1. The summed E-state index contributed by atoms with van der Waals surface area (Å²) in [6, 6.07) is 0.844. The van der Waals surface area contributed by atoms with E-state index >= 15 is 0 Å². The van der Waals surface area contributed by atoms with Crippen molar-refractivity contribution in [2.75, 3.05) is 26.7 Å². The number of likely N-dealkylation sites (tertiary alicyclic amines) is 1. The van der Waals surface area contributed by atoms with Crippen molar-refractivity contribution in [1.82, 2.24) is 10.2 Å². The molecule has 1 N–H and O–H groups in total. The van der Waals surface area contributed by atoms with Crippen LogP contribution in [0.25, 0.3) is 0 Å². The van der Waals surface area contributed by atoms with E-state index in [4.69, 9.17) is 0 Å². The van der Waals surface area contributed by atoms with E-state index in [2.05, 4.69) is 17.1 Å². The third-order valence-corrected chi connectivity index (χ3v) is 3.56. The fourth-order valence-corrected chi connectivity index (χ4v) is 2.46. The second kappa shape index (κ2) is 8.12. The minimum Gasteiger partial charge on any atom is -0.320 e. The number of hydrogen-bond donors (Lipinski definition) is 1. The normalized spacial score (nSPS) is 23.2. The smallest absolute Gasteiger partial charge is 0.00669 e. The molecule has 15 heavy (non-hydrogen) atoms. The highest BCUT2D eigenvalue weighted by atomic mass is 15.1. The van der Waals surface area contributed by atoms with Crippen LogP contribution in [-0.4, -0.2) is 37.6 Å². The van der Waals surface area contributed by atoms with Gasteiger partial charge >= 0.3 is 0 Å². The lowest BCUT2D eigenvalue weighted by atomic mass is 10.0. The SMILES string of the molecule is CNCCCCCCN1CCCCC1C. The van der Waals surface area contributed by atoms with E-state index in [1.165, 1.54) is 64.6 Å².